The van der Waals surface area contributed by atoms with Gasteiger partial charge < -0.3 is 38.1 Å². The molecule has 1 aromatic carbocycles. The second-order valence-corrected chi connectivity index (χ2v) is 13.6. The Labute approximate surface area is 266 Å². The van der Waals surface area contributed by atoms with Gasteiger partial charge in [-0.3, -0.25) is 9.69 Å². The molecule has 0 aromatic heterocycles. The average Bonchev–Trinajstić information content (AvgIpc) is 3.69. The number of fused-ring (bicyclic) bond motifs is 1. The van der Waals surface area contributed by atoms with Crippen LogP contribution in [0.25, 0.3) is 0 Å². The quantitative estimate of drug-likeness (QED) is 0.321. The molecule has 1 aromatic rings. The van der Waals surface area contributed by atoms with E-state index >= 15 is 0 Å². The average molecular weight is 629 g/mol. The first kappa shape index (κ1) is 33.2. The van der Waals surface area contributed by atoms with Crippen LogP contribution < -0.4 is 0 Å². The van der Waals surface area contributed by atoms with Gasteiger partial charge in [0.1, 0.15) is 42.5 Å². The summed E-state index contributed by atoms with van der Waals surface area (Å²) in [7, 11) is 0. The van der Waals surface area contributed by atoms with Crippen LogP contribution in [0.5, 0.6) is 0 Å². The van der Waals surface area contributed by atoms with E-state index in [0.717, 1.165) is 24.8 Å². The Morgan fingerprint density at radius 1 is 1.11 bits per heavy atom. The number of epoxide rings is 1. The number of rotatable bonds is 10. The van der Waals surface area contributed by atoms with Gasteiger partial charge in [-0.1, -0.05) is 30.3 Å². The first-order valence-corrected chi connectivity index (χ1v) is 16.0. The molecule has 11 heteroatoms. The standard InChI is InChI=1S/C34H48N2O9/c1-22(2)35(18-24-20-42-34(6,7)36(24)32(38)45-33(3,4)5)31(37)30-29(41-19-23-13-9-8-10-14-23)28-26(44-28)17-25(43-30)21-40-27-15-11-12-16-39-27/h8-10,13-14,17,22,24,26-28H,11-12,15-16,18-21H2,1-7H3. The Hall–Kier alpha value is -3.12. The lowest BCUT2D eigenvalue weighted by Crippen LogP contribution is -2.54. The van der Waals surface area contributed by atoms with Gasteiger partial charge in [0.25, 0.3) is 5.91 Å². The number of amides is 2. The molecule has 2 amide bonds. The van der Waals surface area contributed by atoms with Crippen LogP contribution >= 0.6 is 0 Å². The predicted octanol–water partition coefficient (Wildman–Crippen LogP) is 5.25. The number of hydrogen-bond acceptors (Lipinski definition) is 9. The van der Waals surface area contributed by atoms with E-state index in [1.807, 2.05) is 84.9 Å². The number of benzene rings is 1. The molecule has 4 heterocycles. The zero-order chi connectivity index (χ0) is 32.4. The normalized spacial score (nSPS) is 26.0. The molecule has 0 saturated carbocycles. The lowest BCUT2D eigenvalue weighted by atomic mass is 10.1. The summed E-state index contributed by atoms with van der Waals surface area (Å²) in [5.41, 5.74) is -0.653. The first-order valence-electron chi connectivity index (χ1n) is 16.0. The molecule has 0 aliphatic carbocycles. The molecule has 11 nitrogen and oxygen atoms in total. The SMILES string of the molecule is CC(C)N(CC1COC(C)(C)N1C(=O)OC(C)(C)C)C(=O)C1=C(OCc2ccccc2)C2OC2C=C(COC2CCCCO2)O1. The summed E-state index contributed by atoms with van der Waals surface area (Å²) in [5.74, 6) is 0.471. The van der Waals surface area contributed by atoms with Crippen molar-refractivity contribution in [2.24, 2.45) is 0 Å². The van der Waals surface area contributed by atoms with Crippen molar-refractivity contribution in [1.29, 1.82) is 0 Å². The maximum Gasteiger partial charge on any atom is 0.412 e. The Kier molecular flexibility index (Phi) is 10.1. The highest BCUT2D eigenvalue weighted by Crippen LogP contribution is 2.39. The molecule has 3 fully saturated rings. The zero-order valence-electron chi connectivity index (χ0n) is 27.6. The number of nitrogens with zero attached hydrogens (tertiary/aromatic N) is 2. The highest BCUT2D eigenvalue weighted by atomic mass is 16.7. The third kappa shape index (κ3) is 8.38. The summed E-state index contributed by atoms with van der Waals surface area (Å²) >= 11 is 0. The molecular weight excluding hydrogens is 580 g/mol. The van der Waals surface area contributed by atoms with Crippen molar-refractivity contribution in [2.75, 3.05) is 26.4 Å². The Morgan fingerprint density at radius 2 is 1.87 bits per heavy atom. The molecule has 4 aliphatic heterocycles. The van der Waals surface area contributed by atoms with Crippen molar-refractivity contribution >= 4 is 12.0 Å². The lowest BCUT2D eigenvalue weighted by Gasteiger charge is -2.37. The highest BCUT2D eigenvalue weighted by Gasteiger charge is 2.50. The van der Waals surface area contributed by atoms with Crippen molar-refractivity contribution in [3.63, 3.8) is 0 Å². The van der Waals surface area contributed by atoms with Crippen LogP contribution in [-0.2, 0) is 44.6 Å². The fraction of sp³-hybridized carbons (Fsp3) is 0.647. The van der Waals surface area contributed by atoms with E-state index in [2.05, 4.69) is 0 Å². The van der Waals surface area contributed by atoms with E-state index < -0.39 is 29.6 Å². The van der Waals surface area contributed by atoms with Crippen molar-refractivity contribution in [2.45, 2.75) is 116 Å². The summed E-state index contributed by atoms with van der Waals surface area (Å²) in [4.78, 5) is 31.1. The second-order valence-electron chi connectivity index (χ2n) is 13.6. The number of ether oxygens (including phenoxy) is 7. The lowest BCUT2D eigenvalue weighted by molar-refractivity contribution is -0.161. The van der Waals surface area contributed by atoms with Crippen LogP contribution in [0.2, 0.25) is 0 Å². The van der Waals surface area contributed by atoms with Crippen LogP contribution in [0.15, 0.2) is 53.7 Å². The van der Waals surface area contributed by atoms with Crippen LogP contribution in [-0.4, -0.2) is 90.1 Å². The summed E-state index contributed by atoms with van der Waals surface area (Å²) in [6.45, 7) is 14.4. The van der Waals surface area contributed by atoms with E-state index in [1.54, 1.807) is 9.80 Å². The second kappa shape index (κ2) is 13.7. The van der Waals surface area contributed by atoms with E-state index in [9.17, 15) is 9.59 Å². The predicted molar refractivity (Wildman–Crippen MR) is 164 cm³/mol. The largest absolute Gasteiger partial charge is 0.486 e. The van der Waals surface area contributed by atoms with Gasteiger partial charge in [0, 0.05) is 19.2 Å². The maximum absolute atomic E-state index is 14.5. The topological polar surface area (TPSA) is 109 Å². The Morgan fingerprint density at radius 3 is 2.53 bits per heavy atom. The molecular formula is C34H48N2O9. The van der Waals surface area contributed by atoms with Gasteiger partial charge in [-0.25, -0.2) is 4.79 Å². The van der Waals surface area contributed by atoms with Crippen LogP contribution in [0, 0.1) is 0 Å². The summed E-state index contributed by atoms with van der Waals surface area (Å²) in [6.07, 6.45) is 3.11. The fourth-order valence-electron chi connectivity index (χ4n) is 5.70. The molecule has 4 atom stereocenters. The summed E-state index contributed by atoms with van der Waals surface area (Å²) in [5, 5.41) is 0. The Balaban J connectivity index is 1.40. The summed E-state index contributed by atoms with van der Waals surface area (Å²) < 4.78 is 42.2. The molecule has 5 rings (SSSR count). The number of carbonyl (C=O) groups excluding carboxylic acids is 2. The van der Waals surface area contributed by atoms with E-state index in [1.165, 1.54) is 0 Å². The van der Waals surface area contributed by atoms with E-state index in [4.69, 9.17) is 33.2 Å². The van der Waals surface area contributed by atoms with Crippen molar-refractivity contribution < 1.29 is 42.7 Å². The van der Waals surface area contributed by atoms with Gasteiger partial charge in [0.2, 0.25) is 5.76 Å². The monoisotopic (exact) mass is 628 g/mol. The van der Waals surface area contributed by atoms with Crippen molar-refractivity contribution in [3.05, 3.63) is 59.2 Å². The molecule has 0 N–H and O–H groups in total. The minimum atomic E-state index is -0.912. The molecule has 0 radical (unpaired) electrons. The molecule has 0 spiro atoms. The van der Waals surface area contributed by atoms with E-state index in [0.29, 0.717) is 18.1 Å². The van der Waals surface area contributed by atoms with Crippen molar-refractivity contribution in [3.8, 4) is 0 Å². The van der Waals surface area contributed by atoms with Gasteiger partial charge in [0.05, 0.1) is 12.6 Å². The smallest absolute Gasteiger partial charge is 0.412 e. The highest BCUT2D eigenvalue weighted by molar-refractivity contribution is 5.93. The molecule has 248 valence electrons. The van der Waals surface area contributed by atoms with Gasteiger partial charge in [-0.15, -0.1) is 0 Å². The minimum absolute atomic E-state index is 0.0473. The first-order chi connectivity index (χ1) is 21.3. The Bertz CT molecular complexity index is 1260. The van der Waals surface area contributed by atoms with Crippen LogP contribution in [0.3, 0.4) is 0 Å². The molecule has 4 aliphatic rings. The third-order valence-corrected chi connectivity index (χ3v) is 8.03. The maximum atomic E-state index is 14.5. The molecule has 3 saturated heterocycles. The number of hydrogen-bond donors (Lipinski definition) is 0. The van der Waals surface area contributed by atoms with Gasteiger partial charge >= 0.3 is 6.09 Å². The zero-order valence-corrected chi connectivity index (χ0v) is 27.6. The molecule has 4 unspecified atom stereocenters. The van der Waals surface area contributed by atoms with Gasteiger partial charge in [0.15, 0.2) is 12.0 Å². The summed E-state index contributed by atoms with van der Waals surface area (Å²) in [6, 6.07) is 9.03. The number of carbonyl (C=O) groups is 2. The molecule has 0 bridgehead atoms. The third-order valence-electron chi connectivity index (χ3n) is 8.03. The van der Waals surface area contributed by atoms with Gasteiger partial charge in [-0.05, 0) is 79.4 Å². The van der Waals surface area contributed by atoms with E-state index in [-0.39, 0.29) is 56.5 Å². The fourth-order valence-corrected chi connectivity index (χ4v) is 5.70. The molecule has 45 heavy (non-hydrogen) atoms. The van der Waals surface area contributed by atoms with Crippen LogP contribution in [0.4, 0.5) is 4.79 Å². The van der Waals surface area contributed by atoms with Crippen molar-refractivity contribution in [1.82, 2.24) is 9.80 Å². The minimum Gasteiger partial charge on any atom is -0.486 e. The van der Waals surface area contributed by atoms with Gasteiger partial charge in [-0.2, -0.15) is 0 Å². The van der Waals surface area contributed by atoms with Crippen LogP contribution in [0.1, 0.15) is 73.3 Å².